The molecule has 0 unspecified atom stereocenters. The molecule has 2 atom stereocenters. The number of Topliss-reactive ketones (excluding diaryl/α,β-unsaturated/α-hetero) is 1. The van der Waals surface area contributed by atoms with E-state index in [9.17, 15) is 13.2 Å². The van der Waals surface area contributed by atoms with Crippen LogP contribution in [0, 0.1) is 12.8 Å². The molecule has 144 valence electrons. The van der Waals surface area contributed by atoms with Gasteiger partial charge in [0.15, 0.2) is 0 Å². The number of hydrogen-bond donors (Lipinski definition) is 1. The molecule has 2 aromatic carbocycles. The third-order valence-electron chi connectivity index (χ3n) is 5.09. The lowest BCUT2D eigenvalue weighted by molar-refractivity contribution is -0.125. The topological polar surface area (TPSA) is 72.5 Å². The molecule has 3 rings (SSSR count). The Labute approximate surface area is 160 Å². The number of ketones is 1. The highest BCUT2D eigenvalue weighted by Gasteiger charge is 2.34. The summed E-state index contributed by atoms with van der Waals surface area (Å²) in [5.74, 6) is 0.454. The number of hydrogen-bond acceptors (Lipinski definition) is 4. The summed E-state index contributed by atoms with van der Waals surface area (Å²) >= 11 is 0. The predicted molar refractivity (Wildman–Crippen MR) is 104 cm³/mol. The highest BCUT2D eigenvalue weighted by atomic mass is 32.2. The maximum Gasteiger partial charge on any atom is 0.241 e. The zero-order valence-electron chi connectivity index (χ0n) is 15.6. The fraction of sp³-hybridized carbons (Fsp3) is 0.381. The highest BCUT2D eigenvalue weighted by molar-refractivity contribution is 7.89. The molecule has 6 heteroatoms. The normalized spacial score (nSPS) is 18.9. The second-order valence-electron chi connectivity index (χ2n) is 7.00. The van der Waals surface area contributed by atoms with Gasteiger partial charge in [0.05, 0.1) is 18.0 Å². The quantitative estimate of drug-likeness (QED) is 0.819. The van der Waals surface area contributed by atoms with E-state index >= 15 is 0 Å². The molecule has 0 heterocycles. The van der Waals surface area contributed by atoms with Gasteiger partial charge in [-0.25, -0.2) is 13.1 Å². The Morgan fingerprint density at radius 3 is 2.30 bits per heavy atom. The minimum atomic E-state index is -3.75. The van der Waals surface area contributed by atoms with Gasteiger partial charge < -0.3 is 4.74 Å². The summed E-state index contributed by atoms with van der Waals surface area (Å²) in [6, 6.07) is 13.3. The Bertz CT molecular complexity index is 889. The Hall–Kier alpha value is -2.18. The standard InChI is InChI=1S/C21H25NO4S/c1-15-7-13-18(14-8-15)27(24,25)22-21(19-5-3-4-6-20(19)23)16-9-11-17(26-2)12-10-16/h7-14,19,21-22H,3-6H2,1-2H3/t19-,21+/m0/s1. The van der Waals surface area contributed by atoms with E-state index in [4.69, 9.17) is 4.74 Å². The first-order valence-corrected chi connectivity index (χ1v) is 10.6. The average molecular weight is 388 g/mol. The van der Waals surface area contributed by atoms with Crippen LogP contribution in [0.2, 0.25) is 0 Å². The number of ether oxygens (including phenoxy) is 1. The maximum atomic E-state index is 13.0. The third-order valence-corrected chi connectivity index (χ3v) is 6.55. The van der Waals surface area contributed by atoms with Crippen LogP contribution in [0.25, 0.3) is 0 Å². The van der Waals surface area contributed by atoms with Crippen molar-refractivity contribution >= 4 is 15.8 Å². The second-order valence-corrected chi connectivity index (χ2v) is 8.72. The van der Waals surface area contributed by atoms with E-state index in [1.807, 2.05) is 19.1 Å². The SMILES string of the molecule is COc1ccc([C@@H](NS(=O)(=O)c2ccc(C)cc2)[C@H]2CCCCC2=O)cc1. The van der Waals surface area contributed by atoms with Crippen LogP contribution in [-0.2, 0) is 14.8 Å². The summed E-state index contributed by atoms with van der Waals surface area (Å²) in [7, 11) is -2.17. The number of benzene rings is 2. The zero-order chi connectivity index (χ0) is 19.4. The summed E-state index contributed by atoms with van der Waals surface area (Å²) < 4.78 is 33.9. The van der Waals surface area contributed by atoms with Crippen LogP contribution < -0.4 is 9.46 Å². The zero-order valence-corrected chi connectivity index (χ0v) is 16.5. The van der Waals surface area contributed by atoms with Gasteiger partial charge in [-0.1, -0.05) is 36.2 Å². The molecule has 5 nitrogen and oxygen atoms in total. The van der Waals surface area contributed by atoms with Gasteiger partial charge in [-0.3, -0.25) is 4.79 Å². The fourth-order valence-electron chi connectivity index (χ4n) is 3.51. The largest absolute Gasteiger partial charge is 0.497 e. The predicted octanol–water partition coefficient (Wildman–Crippen LogP) is 3.78. The molecule has 1 aliphatic carbocycles. The summed E-state index contributed by atoms with van der Waals surface area (Å²) in [5.41, 5.74) is 1.76. The van der Waals surface area contributed by atoms with Gasteiger partial charge in [-0.15, -0.1) is 0 Å². The number of carbonyl (C=O) groups excluding carboxylic acids is 1. The van der Waals surface area contributed by atoms with E-state index in [2.05, 4.69) is 4.72 Å². The first-order chi connectivity index (χ1) is 12.9. The van der Waals surface area contributed by atoms with Crippen LogP contribution in [0.15, 0.2) is 53.4 Å². The van der Waals surface area contributed by atoms with Crippen molar-refractivity contribution in [1.29, 1.82) is 0 Å². The average Bonchev–Trinajstić information content (AvgIpc) is 2.67. The molecule has 0 aromatic heterocycles. The van der Waals surface area contributed by atoms with Crippen molar-refractivity contribution in [2.75, 3.05) is 7.11 Å². The van der Waals surface area contributed by atoms with Crippen LogP contribution in [0.3, 0.4) is 0 Å². The smallest absolute Gasteiger partial charge is 0.241 e. The molecule has 1 N–H and O–H groups in total. The molecule has 2 aromatic rings. The summed E-state index contributed by atoms with van der Waals surface area (Å²) in [4.78, 5) is 12.7. The Morgan fingerprint density at radius 1 is 1.04 bits per heavy atom. The van der Waals surface area contributed by atoms with E-state index in [1.165, 1.54) is 0 Å². The molecular formula is C21H25NO4S. The molecule has 0 amide bonds. The number of aryl methyl sites for hydroxylation is 1. The van der Waals surface area contributed by atoms with E-state index in [1.54, 1.807) is 43.5 Å². The van der Waals surface area contributed by atoms with Crippen LogP contribution in [0.5, 0.6) is 5.75 Å². The summed E-state index contributed by atoms with van der Waals surface area (Å²) in [6.45, 7) is 1.91. The lowest BCUT2D eigenvalue weighted by Gasteiger charge is -2.30. The van der Waals surface area contributed by atoms with E-state index in [-0.39, 0.29) is 16.6 Å². The molecule has 0 spiro atoms. The maximum absolute atomic E-state index is 13.0. The monoisotopic (exact) mass is 387 g/mol. The fourth-order valence-corrected chi connectivity index (χ4v) is 4.77. The summed E-state index contributed by atoms with van der Waals surface area (Å²) in [5, 5.41) is 0. The second kappa shape index (κ2) is 8.23. The van der Waals surface area contributed by atoms with Crippen molar-refractivity contribution in [2.45, 2.75) is 43.5 Å². The van der Waals surface area contributed by atoms with Gasteiger partial charge in [0.25, 0.3) is 0 Å². The van der Waals surface area contributed by atoms with Gasteiger partial charge in [-0.05, 0) is 49.6 Å². The number of nitrogens with one attached hydrogen (secondary N) is 1. The number of carbonyl (C=O) groups is 1. The summed E-state index contributed by atoms with van der Waals surface area (Å²) in [6.07, 6.45) is 2.99. The number of rotatable bonds is 6. The molecule has 1 aliphatic rings. The van der Waals surface area contributed by atoms with Crippen molar-refractivity contribution in [2.24, 2.45) is 5.92 Å². The molecule has 0 saturated heterocycles. The van der Waals surface area contributed by atoms with Gasteiger partial charge in [0, 0.05) is 12.3 Å². The van der Waals surface area contributed by atoms with E-state index in [0.717, 1.165) is 24.0 Å². The van der Waals surface area contributed by atoms with Crippen LogP contribution in [-0.4, -0.2) is 21.3 Å². The minimum absolute atomic E-state index is 0.119. The molecule has 1 fully saturated rings. The van der Waals surface area contributed by atoms with Crippen molar-refractivity contribution in [1.82, 2.24) is 4.72 Å². The van der Waals surface area contributed by atoms with E-state index in [0.29, 0.717) is 18.6 Å². The molecule has 1 saturated carbocycles. The molecule has 0 radical (unpaired) electrons. The molecule has 0 aliphatic heterocycles. The van der Waals surface area contributed by atoms with Crippen molar-refractivity contribution < 1.29 is 17.9 Å². The number of methoxy groups -OCH3 is 1. The van der Waals surface area contributed by atoms with Crippen molar-refractivity contribution in [3.05, 3.63) is 59.7 Å². The highest BCUT2D eigenvalue weighted by Crippen LogP contribution is 2.34. The van der Waals surface area contributed by atoms with Crippen molar-refractivity contribution in [3.63, 3.8) is 0 Å². The molecular weight excluding hydrogens is 362 g/mol. The van der Waals surface area contributed by atoms with E-state index < -0.39 is 16.1 Å². The number of sulfonamides is 1. The lowest BCUT2D eigenvalue weighted by atomic mass is 9.80. The minimum Gasteiger partial charge on any atom is -0.497 e. The Kier molecular flexibility index (Phi) is 5.97. The third kappa shape index (κ3) is 4.57. The lowest BCUT2D eigenvalue weighted by Crippen LogP contribution is -2.38. The van der Waals surface area contributed by atoms with Gasteiger partial charge in [0.1, 0.15) is 11.5 Å². The Morgan fingerprint density at radius 2 is 1.70 bits per heavy atom. The van der Waals surface area contributed by atoms with Crippen molar-refractivity contribution in [3.8, 4) is 5.75 Å². The Balaban J connectivity index is 1.95. The first kappa shape index (κ1) is 19.6. The van der Waals surface area contributed by atoms with Gasteiger partial charge >= 0.3 is 0 Å². The van der Waals surface area contributed by atoms with Crippen LogP contribution >= 0.6 is 0 Å². The van der Waals surface area contributed by atoms with Gasteiger partial charge in [-0.2, -0.15) is 0 Å². The molecule has 0 bridgehead atoms. The van der Waals surface area contributed by atoms with Crippen LogP contribution in [0.1, 0.15) is 42.9 Å². The molecule has 27 heavy (non-hydrogen) atoms. The van der Waals surface area contributed by atoms with Crippen LogP contribution in [0.4, 0.5) is 0 Å². The first-order valence-electron chi connectivity index (χ1n) is 9.16. The van der Waals surface area contributed by atoms with Gasteiger partial charge in [0.2, 0.25) is 10.0 Å².